The smallest absolute Gasteiger partial charge is 0.186 e. The van der Waals surface area contributed by atoms with Crippen molar-refractivity contribution in [1.82, 2.24) is 0 Å². The molecular weight excluding hydrogens is 384 g/mol. The minimum atomic E-state index is -1.92. The Hall–Kier alpha value is -0.240. The average Bonchev–Trinajstić information content (AvgIpc) is 2.74. The molecule has 5 N–H and O–H groups in total. The molecule has 6 heteroatoms. The summed E-state index contributed by atoms with van der Waals surface area (Å²) in [6, 6.07) is 0. The van der Waals surface area contributed by atoms with Crippen LogP contribution >= 0.6 is 0 Å². The van der Waals surface area contributed by atoms with Gasteiger partial charge in [0, 0.05) is 0 Å². The van der Waals surface area contributed by atoms with Crippen molar-refractivity contribution in [3.05, 3.63) is 0 Å². The second kappa shape index (κ2) is 15.5. The van der Waals surface area contributed by atoms with Crippen LogP contribution in [0.15, 0.2) is 0 Å². The molecule has 1 fully saturated rings. The van der Waals surface area contributed by atoms with Crippen molar-refractivity contribution in [2.75, 3.05) is 6.61 Å². The first-order valence-corrected chi connectivity index (χ1v) is 12.4. The summed E-state index contributed by atoms with van der Waals surface area (Å²) in [5.74, 6) is 0.151. The molecule has 0 radical (unpaired) electrons. The van der Waals surface area contributed by atoms with Gasteiger partial charge in [-0.25, -0.2) is 0 Å². The summed E-state index contributed by atoms with van der Waals surface area (Å²) in [5, 5.41) is 51.3. The van der Waals surface area contributed by atoms with Crippen LogP contribution in [0.25, 0.3) is 0 Å². The van der Waals surface area contributed by atoms with E-state index in [1.54, 1.807) is 0 Å². The van der Waals surface area contributed by atoms with Gasteiger partial charge >= 0.3 is 0 Å². The van der Waals surface area contributed by atoms with Crippen LogP contribution in [0.3, 0.4) is 0 Å². The fourth-order valence-corrected chi connectivity index (χ4v) is 4.62. The van der Waals surface area contributed by atoms with Crippen molar-refractivity contribution in [3.8, 4) is 0 Å². The van der Waals surface area contributed by atoms with Gasteiger partial charge in [-0.05, 0) is 12.3 Å². The van der Waals surface area contributed by atoms with Gasteiger partial charge in [-0.15, -0.1) is 0 Å². The molecule has 180 valence electrons. The normalized spacial score (nSPS) is 30.5. The SMILES string of the molecule is CCCCCCCCCC(CCCCCCC)C[C@]1(O)[C@@H](O)O[C@H](CO)[C@@H](O)[C@@H]1O. The summed E-state index contributed by atoms with van der Waals surface area (Å²) in [4.78, 5) is 0. The molecule has 0 aliphatic carbocycles. The van der Waals surface area contributed by atoms with Crippen LogP contribution in [0, 0.1) is 5.92 Å². The molecule has 0 aromatic heterocycles. The zero-order chi connectivity index (χ0) is 22.4. The molecule has 6 nitrogen and oxygen atoms in total. The first-order chi connectivity index (χ1) is 14.4. The number of rotatable bonds is 17. The topological polar surface area (TPSA) is 110 Å². The van der Waals surface area contributed by atoms with Gasteiger partial charge in [-0.3, -0.25) is 0 Å². The van der Waals surface area contributed by atoms with Crippen LogP contribution in [0.1, 0.15) is 110 Å². The molecule has 0 aromatic carbocycles. The molecule has 1 heterocycles. The Bertz CT molecular complexity index is 421. The van der Waals surface area contributed by atoms with Crippen molar-refractivity contribution < 1.29 is 30.3 Å². The summed E-state index contributed by atoms with van der Waals surface area (Å²) in [7, 11) is 0. The molecule has 0 spiro atoms. The number of ether oxygens (including phenoxy) is 1. The Morgan fingerprint density at radius 2 is 1.23 bits per heavy atom. The lowest BCUT2D eigenvalue weighted by atomic mass is 9.77. The highest BCUT2D eigenvalue weighted by molar-refractivity contribution is 5.00. The summed E-state index contributed by atoms with van der Waals surface area (Å²) < 4.78 is 5.22. The molecule has 1 rings (SSSR count). The first kappa shape index (κ1) is 27.8. The largest absolute Gasteiger partial charge is 0.394 e. The highest BCUT2D eigenvalue weighted by atomic mass is 16.6. The third-order valence-electron chi connectivity index (χ3n) is 6.68. The maximum atomic E-state index is 11.0. The number of aliphatic hydroxyl groups is 5. The summed E-state index contributed by atoms with van der Waals surface area (Å²) in [6.07, 6.45) is 10.7. The Morgan fingerprint density at radius 1 is 0.767 bits per heavy atom. The van der Waals surface area contributed by atoms with Crippen molar-refractivity contribution in [3.63, 3.8) is 0 Å². The molecule has 1 saturated heterocycles. The van der Waals surface area contributed by atoms with E-state index < -0.39 is 36.8 Å². The Morgan fingerprint density at radius 3 is 1.70 bits per heavy atom. The average molecular weight is 433 g/mol. The van der Waals surface area contributed by atoms with E-state index in [1.165, 1.54) is 51.4 Å². The lowest BCUT2D eigenvalue weighted by Gasteiger charge is -2.47. The van der Waals surface area contributed by atoms with Gasteiger partial charge in [0.15, 0.2) is 6.29 Å². The lowest BCUT2D eigenvalue weighted by Crippen LogP contribution is -2.67. The predicted molar refractivity (Wildman–Crippen MR) is 119 cm³/mol. The van der Waals surface area contributed by atoms with Gasteiger partial charge in [0.1, 0.15) is 23.9 Å². The molecule has 0 amide bonds. The van der Waals surface area contributed by atoms with E-state index in [2.05, 4.69) is 13.8 Å². The van der Waals surface area contributed by atoms with Crippen LogP contribution in [-0.2, 0) is 4.74 Å². The predicted octanol–water partition coefficient (Wildman–Crippen LogP) is 3.66. The summed E-state index contributed by atoms with van der Waals surface area (Å²) in [5.41, 5.74) is -1.92. The Balaban J connectivity index is 2.61. The molecule has 0 aromatic rings. The molecule has 1 unspecified atom stereocenters. The molecular formula is C24H48O6. The van der Waals surface area contributed by atoms with E-state index in [4.69, 9.17) is 4.74 Å². The van der Waals surface area contributed by atoms with Gasteiger partial charge in [-0.1, -0.05) is 104 Å². The second-order valence-electron chi connectivity index (χ2n) is 9.32. The second-order valence-corrected chi connectivity index (χ2v) is 9.32. The molecule has 1 aliphatic rings. The fraction of sp³-hybridized carbons (Fsp3) is 1.00. The van der Waals surface area contributed by atoms with Crippen molar-refractivity contribution >= 4 is 0 Å². The maximum absolute atomic E-state index is 11.0. The van der Waals surface area contributed by atoms with E-state index in [-0.39, 0.29) is 12.3 Å². The molecule has 30 heavy (non-hydrogen) atoms. The molecule has 6 atom stereocenters. The highest BCUT2D eigenvalue weighted by Crippen LogP contribution is 2.37. The fourth-order valence-electron chi connectivity index (χ4n) is 4.62. The van der Waals surface area contributed by atoms with Crippen LogP contribution < -0.4 is 0 Å². The van der Waals surface area contributed by atoms with E-state index in [1.807, 2.05) is 0 Å². The maximum Gasteiger partial charge on any atom is 0.186 e. The van der Waals surface area contributed by atoms with Gasteiger partial charge in [0.05, 0.1) is 6.61 Å². The minimum Gasteiger partial charge on any atom is -0.394 e. The van der Waals surface area contributed by atoms with Gasteiger partial charge in [-0.2, -0.15) is 0 Å². The van der Waals surface area contributed by atoms with E-state index in [0.29, 0.717) is 0 Å². The van der Waals surface area contributed by atoms with Gasteiger partial charge in [0.25, 0.3) is 0 Å². The first-order valence-electron chi connectivity index (χ1n) is 12.4. The van der Waals surface area contributed by atoms with Crippen molar-refractivity contribution in [2.45, 2.75) is 140 Å². The molecule has 1 aliphatic heterocycles. The highest BCUT2D eigenvalue weighted by Gasteiger charge is 2.54. The third kappa shape index (κ3) is 9.09. The number of hydrogen-bond donors (Lipinski definition) is 5. The number of unbranched alkanes of at least 4 members (excludes halogenated alkanes) is 10. The molecule has 0 bridgehead atoms. The van der Waals surface area contributed by atoms with Crippen molar-refractivity contribution in [2.24, 2.45) is 5.92 Å². The van der Waals surface area contributed by atoms with Crippen LogP contribution in [0.2, 0.25) is 0 Å². The standard InChI is InChI=1S/C24H48O6/c1-3-5-7-9-10-12-14-16-19(15-13-11-8-6-4-2)17-24(29)22(27)21(26)20(18-25)30-23(24)28/h19-23,25-29H,3-18H2,1-2H3/t19?,20-,21-,22+,23+,24-/m1/s1. The summed E-state index contributed by atoms with van der Waals surface area (Å²) >= 11 is 0. The zero-order valence-electron chi connectivity index (χ0n) is 19.3. The van der Waals surface area contributed by atoms with E-state index >= 15 is 0 Å². The van der Waals surface area contributed by atoms with E-state index in [0.717, 1.165) is 38.5 Å². The van der Waals surface area contributed by atoms with Crippen LogP contribution in [0.5, 0.6) is 0 Å². The summed E-state index contributed by atoms with van der Waals surface area (Å²) in [6.45, 7) is 3.88. The number of aliphatic hydroxyl groups excluding tert-OH is 4. The van der Waals surface area contributed by atoms with Gasteiger partial charge in [0.2, 0.25) is 0 Å². The molecule has 0 saturated carbocycles. The Kier molecular flexibility index (Phi) is 14.4. The monoisotopic (exact) mass is 432 g/mol. The quantitative estimate of drug-likeness (QED) is 0.224. The van der Waals surface area contributed by atoms with Crippen molar-refractivity contribution in [1.29, 1.82) is 0 Å². The number of hydrogen-bond acceptors (Lipinski definition) is 6. The van der Waals surface area contributed by atoms with E-state index in [9.17, 15) is 25.5 Å². The zero-order valence-corrected chi connectivity index (χ0v) is 19.3. The van der Waals surface area contributed by atoms with Gasteiger partial charge < -0.3 is 30.3 Å². The van der Waals surface area contributed by atoms with Crippen LogP contribution in [0.4, 0.5) is 0 Å². The minimum absolute atomic E-state index is 0.151. The third-order valence-corrected chi connectivity index (χ3v) is 6.68. The van der Waals surface area contributed by atoms with Crippen LogP contribution in [-0.4, -0.2) is 62.3 Å². The lowest BCUT2D eigenvalue weighted by molar-refractivity contribution is -0.333. The Labute approximate surface area is 183 Å².